The van der Waals surface area contributed by atoms with Gasteiger partial charge in [-0.3, -0.25) is 0 Å². The Morgan fingerprint density at radius 1 is 1.00 bits per heavy atom. The van der Waals surface area contributed by atoms with E-state index < -0.39 is 0 Å². The summed E-state index contributed by atoms with van der Waals surface area (Å²) in [6.45, 7) is 1.78. The van der Waals surface area contributed by atoms with Crippen molar-refractivity contribution in [3.8, 4) is 17.1 Å². The number of nitrogens with two attached hydrogens (primary N) is 1. The summed E-state index contributed by atoms with van der Waals surface area (Å²) in [5.41, 5.74) is 2.15. The van der Waals surface area contributed by atoms with Crippen LogP contribution < -0.4 is 10.1 Å². The van der Waals surface area contributed by atoms with Gasteiger partial charge in [0.2, 0.25) is 0 Å². The van der Waals surface area contributed by atoms with Gasteiger partial charge in [-0.05, 0) is 48.0 Å². The number of methoxy groups -OCH3 is 1. The fourth-order valence-corrected chi connectivity index (χ4v) is 3.13. The highest BCUT2D eigenvalue weighted by molar-refractivity contribution is 6.36. The molecule has 2 N–H and O–H groups in total. The van der Waals surface area contributed by atoms with E-state index in [9.17, 15) is 0 Å². The predicted molar refractivity (Wildman–Crippen MR) is 101 cm³/mol. The molecular formula is C20H20Cl2NO2+. The summed E-state index contributed by atoms with van der Waals surface area (Å²) >= 11 is 12.2. The highest BCUT2D eigenvalue weighted by Gasteiger charge is 2.10. The number of furan rings is 1. The molecule has 0 spiro atoms. The Hall–Kier alpha value is -1.94. The molecule has 130 valence electrons. The highest BCUT2D eigenvalue weighted by atomic mass is 35.5. The van der Waals surface area contributed by atoms with Crippen LogP contribution in [0, 0.1) is 0 Å². The number of benzene rings is 2. The summed E-state index contributed by atoms with van der Waals surface area (Å²) in [4.78, 5) is 0. The van der Waals surface area contributed by atoms with E-state index in [0.717, 1.165) is 42.3 Å². The van der Waals surface area contributed by atoms with E-state index >= 15 is 0 Å². The van der Waals surface area contributed by atoms with Crippen molar-refractivity contribution in [2.75, 3.05) is 13.7 Å². The van der Waals surface area contributed by atoms with E-state index in [1.807, 2.05) is 36.4 Å². The Morgan fingerprint density at radius 3 is 2.52 bits per heavy atom. The van der Waals surface area contributed by atoms with Crippen LogP contribution in [0.5, 0.6) is 5.75 Å². The molecular weight excluding hydrogens is 357 g/mol. The van der Waals surface area contributed by atoms with Crippen molar-refractivity contribution in [2.24, 2.45) is 0 Å². The second-order valence-corrected chi connectivity index (χ2v) is 6.61. The molecule has 2 aromatic carbocycles. The number of ether oxygens (including phenoxy) is 1. The fraction of sp³-hybridized carbons (Fsp3) is 0.200. The van der Waals surface area contributed by atoms with Gasteiger partial charge in [-0.25, -0.2) is 0 Å². The zero-order valence-corrected chi connectivity index (χ0v) is 15.5. The molecule has 1 aromatic heterocycles. The predicted octanol–water partition coefficient (Wildman–Crippen LogP) is 4.57. The van der Waals surface area contributed by atoms with Crippen LogP contribution in [0.3, 0.4) is 0 Å². The third-order valence-corrected chi connectivity index (χ3v) is 4.55. The normalized spacial score (nSPS) is 10.8. The lowest BCUT2D eigenvalue weighted by Crippen LogP contribution is -2.83. The molecule has 3 rings (SSSR count). The van der Waals surface area contributed by atoms with Gasteiger partial charge in [-0.2, -0.15) is 0 Å². The smallest absolute Gasteiger partial charge is 0.158 e. The van der Waals surface area contributed by atoms with Crippen LogP contribution in [-0.4, -0.2) is 13.7 Å². The van der Waals surface area contributed by atoms with Gasteiger partial charge in [0, 0.05) is 17.0 Å². The van der Waals surface area contributed by atoms with Crippen LogP contribution in [0.1, 0.15) is 11.3 Å². The van der Waals surface area contributed by atoms with Gasteiger partial charge in [-0.1, -0.05) is 35.3 Å². The van der Waals surface area contributed by atoms with E-state index in [1.54, 1.807) is 13.2 Å². The molecule has 25 heavy (non-hydrogen) atoms. The van der Waals surface area contributed by atoms with Crippen LogP contribution in [-0.2, 0) is 13.0 Å². The van der Waals surface area contributed by atoms with Crippen LogP contribution in [0.25, 0.3) is 11.3 Å². The first-order valence-electron chi connectivity index (χ1n) is 8.14. The van der Waals surface area contributed by atoms with Gasteiger partial charge in [0.15, 0.2) is 5.76 Å². The fourth-order valence-electron chi connectivity index (χ4n) is 2.63. The minimum Gasteiger partial charge on any atom is -0.497 e. The average molecular weight is 377 g/mol. The number of halogens is 2. The van der Waals surface area contributed by atoms with Crippen molar-refractivity contribution in [1.82, 2.24) is 0 Å². The summed E-state index contributed by atoms with van der Waals surface area (Å²) < 4.78 is 11.1. The molecule has 0 bridgehead atoms. The first kappa shape index (κ1) is 17.9. The van der Waals surface area contributed by atoms with Gasteiger partial charge in [-0.15, -0.1) is 0 Å². The molecule has 0 saturated heterocycles. The van der Waals surface area contributed by atoms with Crippen LogP contribution in [0.4, 0.5) is 0 Å². The third kappa shape index (κ3) is 4.79. The van der Waals surface area contributed by atoms with Crippen molar-refractivity contribution in [3.63, 3.8) is 0 Å². The summed E-state index contributed by atoms with van der Waals surface area (Å²) in [5, 5.41) is 3.44. The first-order chi connectivity index (χ1) is 12.2. The Labute approximate surface area is 157 Å². The molecule has 0 radical (unpaired) electrons. The maximum Gasteiger partial charge on any atom is 0.158 e. The quantitative estimate of drug-likeness (QED) is 0.613. The molecule has 0 atom stereocenters. The summed E-state index contributed by atoms with van der Waals surface area (Å²) in [7, 11) is 1.68. The number of quaternary nitrogens is 1. The maximum absolute atomic E-state index is 6.23. The summed E-state index contributed by atoms with van der Waals surface area (Å²) in [5.74, 6) is 2.58. The molecule has 0 aliphatic carbocycles. The molecule has 0 aliphatic rings. The van der Waals surface area contributed by atoms with Gasteiger partial charge in [0.25, 0.3) is 0 Å². The van der Waals surface area contributed by atoms with Crippen LogP contribution in [0.15, 0.2) is 59.0 Å². The molecule has 0 saturated carbocycles. The minimum absolute atomic E-state index is 0.594. The number of hydrogen-bond acceptors (Lipinski definition) is 2. The van der Waals surface area contributed by atoms with E-state index in [-0.39, 0.29) is 0 Å². The van der Waals surface area contributed by atoms with E-state index in [1.165, 1.54) is 5.56 Å². The molecule has 5 heteroatoms. The van der Waals surface area contributed by atoms with E-state index in [0.29, 0.717) is 10.0 Å². The van der Waals surface area contributed by atoms with Crippen molar-refractivity contribution in [1.29, 1.82) is 0 Å². The van der Waals surface area contributed by atoms with Crippen molar-refractivity contribution >= 4 is 23.2 Å². The second kappa shape index (κ2) is 8.43. The largest absolute Gasteiger partial charge is 0.497 e. The SMILES string of the molecule is COc1ccc(CC[NH2+]Cc2ccc(-c3ccc(Cl)cc3Cl)o2)cc1. The molecule has 0 amide bonds. The summed E-state index contributed by atoms with van der Waals surface area (Å²) in [6.07, 6.45) is 1.00. The first-order valence-corrected chi connectivity index (χ1v) is 8.90. The van der Waals surface area contributed by atoms with Crippen molar-refractivity contribution < 1.29 is 14.5 Å². The number of rotatable bonds is 7. The molecule has 0 aliphatic heterocycles. The minimum atomic E-state index is 0.594. The van der Waals surface area contributed by atoms with E-state index in [2.05, 4.69) is 17.4 Å². The lowest BCUT2D eigenvalue weighted by Gasteiger charge is -2.03. The van der Waals surface area contributed by atoms with Gasteiger partial charge < -0.3 is 14.5 Å². The zero-order valence-electron chi connectivity index (χ0n) is 14.0. The van der Waals surface area contributed by atoms with Crippen molar-refractivity contribution in [2.45, 2.75) is 13.0 Å². The summed E-state index contributed by atoms with van der Waals surface area (Å²) in [6, 6.07) is 17.5. The maximum atomic E-state index is 6.23. The lowest BCUT2D eigenvalue weighted by molar-refractivity contribution is -0.671. The molecule has 3 nitrogen and oxygen atoms in total. The van der Waals surface area contributed by atoms with Gasteiger partial charge in [0.1, 0.15) is 18.1 Å². The second-order valence-electron chi connectivity index (χ2n) is 5.77. The zero-order chi connectivity index (χ0) is 17.6. The van der Waals surface area contributed by atoms with Crippen LogP contribution >= 0.6 is 23.2 Å². The number of hydrogen-bond donors (Lipinski definition) is 1. The van der Waals surface area contributed by atoms with E-state index in [4.69, 9.17) is 32.4 Å². The highest BCUT2D eigenvalue weighted by Crippen LogP contribution is 2.31. The third-order valence-electron chi connectivity index (χ3n) is 4.00. The molecule has 1 heterocycles. The Balaban J connectivity index is 1.51. The molecule has 0 unspecified atom stereocenters. The lowest BCUT2D eigenvalue weighted by atomic mass is 10.1. The topological polar surface area (TPSA) is 39.0 Å². The monoisotopic (exact) mass is 376 g/mol. The standard InChI is InChI=1S/C20H19Cl2NO2/c1-24-16-5-2-14(3-6-16)10-11-23-13-17-7-9-20(25-17)18-8-4-15(21)12-19(18)22/h2-9,12,23H,10-11,13H2,1H3/p+1. The average Bonchev–Trinajstić information content (AvgIpc) is 3.08. The molecule has 0 fully saturated rings. The Bertz CT molecular complexity index is 828. The van der Waals surface area contributed by atoms with Crippen LogP contribution in [0.2, 0.25) is 10.0 Å². The Kier molecular flexibility index (Phi) is 6.03. The van der Waals surface area contributed by atoms with Gasteiger partial charge >= 0.3 is 0 Å². The Morgan fingerprint density at radius 2 is 1.80 bits per heavy atom. The van der Waals surface area contributed by atoms with Gasteiger partial charge in [0.05, 0.1) is 18.7 Å². The van der Waals surface area contributed by atoms with Crippen molar-refractivity contribution in [3.05, 3.63) is 76.0 Å². The molecule has 3 aromatic rings.